The van der Waals surface area contributed by atoms with E-state index in [1.54, 1.807) is 37.3 Å². The van der Waals surface area contributed by atoms with Crippen LogP contribution in [0.3, 0.4) is 0 Å². The van der Waals surface area contributed by atoms with Crippen molar-refractivity contribution >= 4 is 56.7 Å². The molecule has 1 N–H and O–H groups in total. The largest absolute Gasteiger partial charge is 0.492 e. The Hall–Kier alpha value is -2.58. The third kappa shape index (κ3) is 5.37. The van der Waals surface area contributed by atoms with E-state index in [1.807, 2.05) is 13.0 Å². The Morgan fingerprint density at radius 2 is 2.00 bits per heavy atom. The molecule has 0 spiro atoms. The molecule has 9 heteroatoms. The monoisotopic (exact) mass is 508 g/mol. The summed E-state index contributed by atoms with van der Waals surface area (Å²) in [4.78, 5) is 38.7. The van der Waals surface area contributed by atoms with Crippen LogP contribution in [0.25, 0.3) is 0 Å². The van der Waals surface area contributed by atoms with Crippen LogP contribution in [0.5, 0.6) is 5.75 Å². The third-order valence-corrected chi connectivity index (χ3v) is 6.25. The molecule has 31 heavy (non-hydrogen) atoms. The Balaban J connectivity index is 1.58. The number of nitrogens with zero attached hydrogens (tertiary/aromatic N) is 1. The van der Waals surface area contributed by atoms with Crippen molar-refractivity contribution in [2.24, 2.45) is 5.92 Å². The van der Waals surface area contributed by atoms with E-state index < -0.39 is 24.4 Å². The van der Waals surface area contributed by atoms with Crippen molar-refractivity contribution in [1.29, 1.82) is 0 Å². The molecule has 0 aromatic heterocycles. The van der Waals surface area contributed by atoms with Gasteiger partial charge in [0.25, 0.3) is 5.91 Å². The molecular formula is C22H22BrClN2O5. The molecule has 2 amide bonds. The molecule has 0 unspecified atom stereocenters. The number of carbonyl (C=O) groups is 3. The van der Waals surface area contributed by atoms with E-state index in [1.165, 1.54) is 4.90 Å². The number of halogens is 2. The zero-order valence-electron chi connectivity index (χ0n) is 17.1. The summed E-state index contributed by atoms with van der Waals surface area (Å²) >= 11 is 9.48. The number of para-hydroxylation sites is 2. The number of anilines is 2. The summed E-state index contributed by atoms with van der Waals surface area (Å²) < 4.78 is 11.5. The van der Waals surface area contributed by atoms with Gasteiger partial charge >= 0.3 is 5.97 Å². The third-order valence-electron chi connectivity index (χ3n) is 4.87. The van der Waals surface area contributed by atoms with Crippen molar-refractivity contribution in [2.45, 2.75) is 20.3 Å². The standard InChI is InChI=1S/C22H22BrClN2O5/c1-3-30-18-7-5-4-6-17(18)26-11-14(10-20(26)28)22(29)31-12-19(27)25-16-9-8-15(23)21(24)13(16)2/h4-9,14H,3,10-12H2,1-2H3,(H,25,27)/t14-/m1/s1. The van der Waals surface area contributed by atoms with Gasteiger partial charge in [-0.3, -0.25) is 14.4 Å². The summed E-state index contributed by atoms with van der Waals surface area (Å²) in [5, 5.41) is 3.17. The fourth-order valence-corrected chi connectivity index (χ4v) is 3.88. The van der Waals surface area contributed by atoms with E-state index in [-0.39, 0.29) is 18.9 Å². The van der Waals surface area contributed by atoms with Gasteiger partial charge in [0.15, 0.2) is 6.61 Å². The average Bonchev–Trinajstić information content (AvgIpc) is 3.14. The Kier molecular flexibility index (Phi) is 7.56. The lowest BCUT2D eigenvalue weighted by Crippen LogP contribution is -2.28. The molecule has 164 valence electrons. The summed E-state index contributed by atoms with van der Waals surface area (Å²) in [7, 11) is 0. The van der Waals surface area contributed by atoms with Crippen molar-refractivity contribution in [3.05, 3.63) is 51.5 Å². The van der Waals surface area contributed by atoms with Gasteiger partial charge in [-0.15, -0.1) is 0 Å². The molecule has 0 aliphatic carbocycles. The molecule has 1 atom stereocenters. The number of benzene rings is 2. The molecule has 0 bridgehead atoms. The number of nitrogens with one attached hydrogen (secondary N) is 1. The van der Waals surface area contributed by atoms with E-state index in [9.17, 15) is 14.4 Å². The molecule has 1 aliphatic heterocycles. The predicted octanol–water partition coefficient (Wildman–Crippen LogP) is 4.34. The number of hydrogen-bond donors (Lipinski definition) is 1. The highest BCUT2D eigenvalue weighted by Gasteiger charge is 2.37. The maximum Gasteiger partial charge on any atom is 0.311 e. The zero-order valence-corrected chi connectivity index (χ0v) is 19.5. The number of hydrogen-bond acceptors (Lipinski definition) is 5. The van der Waals surface area contributed by atoms with Crippen molar-refractivity contribution in [3.8, 4) is 5.75 Å². The van der Waals surface area contributed by atoms with Crippen molar-refractivity contribution in [2.75, 3.05) is 30.0 Å². The average molecular weight is 510 g/mol. The van der Waals surface area contributed by atoms with E-state index in [0.717, 1.165) is 4.47 Å². The first-order valence-corrected chi connectivity index (χ1v) is 10.9. The van der Waals surface area contributed by atoms with Crippen LogP contribution in [0, 0.1) is 12.8 Å². The van der Waals surface area contributed by atoms with Crippen molar-refractivity contribution < 1.29 is 23.9 Å². The second kappa shape index (κ2) is 10.2. The molecule has 2 aromatic rings. The first-order valence-electron chi connectivity index (χ1n) is 9.75. The van der Waals surface area contributed by atoms with Crippen LogP contribution in [-0.4, -0.2) is 37.5 Å². The van der Waals surface area contributed by atoms with Crippen LogP contribution < -0.4 is 15.0 Å². The predicted molar refractivity (Wildman–Crippen MR) is 122 cm³/mol. The Labute approximate surface area is 193 Å². The summed E-state index contributed by atoms with van der Waals surface area (Å²) in [6.45, 7) is 3.81. The van der Waals surface area contributed by atoms with Crippen LogP contribution in [0.4, 0.5) is 11.4 Å². The van der Waals surface area contributed by atoms with Gasteiger partial charge in [0.1, 0.15) is 5.75 Å². The number of amides is 2. The van der Waals surface area contributed by atoms with E-state index in [0.29, 0.717) is 34.3 Å². The van der Waals surface area contributed by atoms with Gasteiger partial charge in [-0.25, -0.2) is 0 Å². The summed E-state index contributed by atoms with van der Waals surface area (Å²) in [5.74, 6) is -1.35. The van der Waals surface area contributed by atoms with Crippen LogP contribution in [0.15, 0.2) is 40.9 Å². The minimum atomic E-state index is -0.654. The van der Waals surface area contributed by atoms with Gasteiger partial charge < -0.3 is 19.7 Å². The van der Waals surface area contributed by atoms with Crippen LogP contribution in [-0.2, 0) is 19.1 Å². The number of esters is 1. The Morgan fingerprint density at radius 3 is 2.74 bits per heavy atom. The lowest BCUT2D eigenvalue weighted by atomic mass is 10.1. The second-order valence-corrected chi connectivity index (χ2v) is 8.23. The summed E-state index contributed by atoms with van der Waals surface area (Å²) in [6, 6.07) is 10.6. The topological polar surface area (TPSA) is 84.9 Å². The van der Waals surface area contributed by atoms with E-state index >= 15 is 0 Å². The molecule has 7 nitrogen and oxygen atoms in total. The molecular weight excluding hydrogens is 488 g/mol. The van der Waals surface area contributed by atoms with Crippen LogP contribution in [0.1, 0.15) is 18.9 Å². The molecule has 3 rings (SSSR count). The summed E-state index contributed by atoms with van der Waals surface area (Å²) in [5.41, 5.74) is 1.84. The van der Waals surface area contributed by atoms with Gasteiger partial charge in [-0.1, -0.05) is 23.7 Å². The highest BCUT2D eigenvalue weighted by atomic mass is 79.9. The highest BCUT2D eigenvalue weighted by Crippen LogP contribution is 2.33. The summed E-state index contributed by atoms with van der Waals surface area (Å²) in [6.07, 6.45) is 0.0162. The molecule has 1 saturated heterocycles. The maximum atomic E-state index is 12.5. The van der Waals surface area contributed by atoms with Gasteiger partial charge in [-0.2, -0.15) is 0 Å². The first-order chi connectivity index (χ1) is 14.8. The quantitative estimate of drug-likeness (QED) is 0.561. The second-order valence-electron chi connectivity index (χ2n) is 7.00. The van der Waals surface area contributed by atoms with E-state index in [4.69, 9.17) is 21.1 Å². The molecule has 1 heterocycles. The minimum absolute atomic E-state index is 0.0162. The van der Waals surface area contributed by atoms with Gasteiger partial charge in [0, 0.05) is 23.1 Å². The van der Waals surface area contributed by atoms with Crippen LogP contribution in [0.2, 0.25) is 5.02 Å². The number of carbonyl (C=O) groups excluding carboxylic acids is 3. The van der Waals surface area contributed by atoms with Crippen LogP contribution >= 0.6 is 27.5 Å². The molecule has 0 radical (unpaired) electrons. The van der Waals surface area contributed by atoms with Gasteiger partial charge in [0.05, 0.1) is 23.2 Å². The molecule has 2 aromatic carbocycles. The fraction of sp³-hybridized carbons (Fsp3) is 0.318. The van der Waals surface area contributed by atoms with Crippen molar-refractivity contribution in [3.63, 3.8) is 0 Å². The Bertz CT molecular complexity index is 1010. The lowest BCUT2D eigenvalue weighted by Gasteiger charge is -2.20. The normalized spacial score (nSPS) is 15.7. The smallest absolute Gasteiger partial charge is 0.311 e. The maximum absolute atomic E-state index is 12.5. The Morgan fingerprint density at radius 1 is 1.26 bits per heavy atom. The zero-order chi connectivity index (χ0) is 22.5. The first kappa shape index (κ1) is 23.1. The van der Waals surface area contributed by atoms with E-state index in [2.05, 4.69) is 21.2 Å². The van der Waals surface area contributed by atoms with Gasteiger partial charge in [-0.05, 0) is 59.6 Å². The minimum Gasteiger partial charge on any atom is -0.492 e. The molecule has 0 saturated carbocycles. The van der Waals surface area contributed by atoms with Crippen molar-refractivity contribution in [1.82, 2.24) is 0 Å². The lowest BCUT2D eigenvalue weighted by molar-refractivity contribution is -0.151. The number of rotatable bonds is 7. The highest BCUT2D eigenvalue weighted by molar-refractivity contribution is 9.10. The number of ether oxygens (including phenoxy) is 2. The SMILES string of the molecule is CCOc1ccccc1N1C[C@H](C(=O)OCC(=O)Nc2ccc(Br)c(Cl)c2C)CC1=O. The molecule has 1 aliphatic rings. The fourth-order valence-electron chi connectivity index (χ4n) is 3.28. The molecule has 1 fully saturated rings. The van der Waals surface area contributed by atoms with Gasteiger partial charge in [0.2, 0.25) is 5.91 Å².